The molecule has 3 aromatic carbocycles. The van der Waals surface area contributed by atoms with Crippen LogP contribution in [0.4, 0.5) is 0 Å². The molecule has 0 unspecified atom stereocenters. The summed E-state index contributed by atoms with van der Waals surface area (Å²) in [6.07, 6.45) is 0. The molecule has 0 radical (unpaired) electrons. The molecule has 0 heterocycles. The first kappa shape index (κ1) is 14.9. The van der Waals surface area contributed by atoms with Crippen LogP contribution in [0.2, 0.25) is 0 Å². The van der Waals surface area contributed by atoms with E-state index in [0.29, 0.717) is 5.75 Å². The van der Waals surface area contributed by atoms with E-state index in [-0.39, 0.29) is 29.6 Å². The average Bonchev–Trinajstić information content (AvgIpc) is 2.49. The van der Waals surface area contributed by atoms with Crippen molar-refractivity contribution in [2.24, 2.45) is 0 Å². The van der Waals surface area contributed by atoms with E-state index < -0.39 is 0 Å². The monoisotopic (exact) mass is 270 g/mol. The fraction of sp³-hybridized carbons (Fsp3) is 0. The summed E-state index contributed by atoms with van der Waals surface area (Å²) >= 11 is 0. The van der Waals surface area contributed by atoms with Crippen LogP contribution in [0.25, 0.3) is 22.3 Å². The first-order valence-corrected chi connectivity index (χ1v) is 6.29. The Labute approximate surface area is 141 Å². The molecule has 20 heavy (non-hydrogen) atoms. The Balaban J connectivity index is 0.00000147. The van der Waals surface area contributed by atoms with Crippen LogP contribution in [0.15, 0.2) is 78.9 Å². The molecule has 3 rings (SSSR count). The third kappa shape index (κ3) is 2.96. The molecule has 0 aromatic heterocycles. The Morgan fingerprint density at radius 3 is 1.65 bits per heavy atom. The van der Waals surface area contributed by atoms with Crippen LogP contribution in [0.3, 0.4) is 0 Å². The molecule has 0 fully saturated rings. The predicted octanol–water partition coefficient (Wildman–Crippen LogP) is 4.08. The number of hydrogen-bond acceptors (Lipinski definition) is 1. The molecular formula is C18H15NaO. The average molecular weight is 270 g/mol. The third-order valence-electron chi connectivity index (χ3n) is 3.21. The van der Waals surface area contributed by atoms with Gasteiger partial charge in [-0.1, -0.05) is 72.8 Å². The van der Waals surface area contributed by atoms with Gasteiger partial charge in [0.15, 0.2) is 0 Å². The van der Waals surface area contributed by atoms with E-state index in [9.17, 15) is 5.11 Å². The van der Waals surface area contributed by atoms with Crippen molar-refractivity contribution >= 4 is 29.6 Å². The van der Waals surface area contributed by atoms with Crippen LogP contribution in [-0.4, -0.2) is 34.7 Å². The summed E-state index contributed by atoms with van der Waals surface area (Å²) in [7, 11) is 0. The van der Waals surface area contributed by atoms with Gasteiger partial charge in [0.2, 0.25) is 0 Å². The van der Waals surface area contributed by atoms with E-state index in [0.717, 1.165) is 22.3 Å². The van der Waals surface area contributed by atoms with Crippen LogP contribution in [0.1, 0.15) is 0 Å². The van der Waals surface area contributed by atoms with Crippen molar-refractivity contribution in [3.63, 3.8) is 0 Å². The van der Waals surface area contributed by atoms with Gasteiger partial charge in [0.1, 0.15) is 5.75 Å². The van der Waals surface area contributed by atoms with Gasteiger partial charge >= 0.3 is 29.6 Å². The molecule has 0 saturated carbocycles. The van der Waals surface area contributed by atoms with Crippen LogP contribution in [0.5, 0.6) is 5.75 Å². The van der Waals surface area contributed by atoms with Crippen LogP contribution >= 0.6 is 0 Å². The second-order valence-electron chi connectivity index (χ2n) is 4.43. The van der Waals surface area contributed by atoms with E-state index in [1.165, 1.54) is 0 Å². The molecule has 94 valence electrons. The summed E-state index contributed by atoms with van der Waals surface area (Å²) in [6.45, 7) is 0. The second-order valence-corrected chi connectivity index (χ2v) is 4.43. The van der Waals surface area contributed by atoms with E-state index in [4.69, 9.17) is 0 Å². The minimum atomic E-state index is 0. The SMILES string of the molecule is Oc1ccccc1-c1ccccc1-c1ccccc1.[NaH]. The summed E-state index contributed by atoms with van der Waals surface area (Å²) in [6, 6.07) is 25.8. The topological polar surface area (TPSA) is 20.2 Å². The minimum absolute atomic E-state index is 0. The molecule has 0 atom stereocenters. The summed E-state index contributed by atoms with van der Waals surface area (Å²) in [5.74, 6) is 0.311. The van der Waals surface area contributed by atoms with Gasteiger partial charge in [-0.3, -0.25) is 0 Å². The Hall–Kier alpha value is -1.54. The molecule has 1 nitrogen and oxygen atoms in total. The van der Waals surface area contributed by atoms with Crippen molar-refractivity contribution in [3.8, 4) is 28.0 Å². The molecule has 0 aliphatic carbocycles. The zero-order chi connectivity index (χ0) is 13.1. The number of hydrogen-bond donors (Lipinski definition) is 1. The number of aromatic hydroxyl groups is 1. The molecule has 0 saturated heterocycles. The number of rotatable bonds is 2. The Morgan fingerprint density at radius 2 is 1.00 bits per heavy atom. The maximum absolute atomic E-state index is 10.0. The number of phenolic OH excluding ortho intramolecular Hbond substituents is 1. The standard InChI is InChI=1S/C18H14O.Na.H/c19-18-13-7-6-12-17(18)16-11-5-4-10-15(16)14-8-2-1-3-9-14;;/h1-13,19H;;. The molecular weight excluding hydrogens is 255 g/mol. The number of phenols is 1. The maximum atomic E-state index is 10.0. The van der Waals surface area contributed by atoms with Crippen LogP contribution in [0, 0.1) is 0 Å². The molecule has 0 aliphatic heterocycles. The van der Waals surface area contributed by atoms with Crippen molar-refractivity contribution in [3.05, 3.63) is 78.9 Å². The van der Waals surface area contributed by atoms with Gasteiger partial charge in [-0.2, -0.15) is 0 Å². The van der Waals surface area contributed by atoms with Crippen LogP contribution < -0.4 is 0 Å². The summed E-state index contributed by atoms with van der Waals surface area (Å²) in [5.41, 5.74) is 4.19. The van der Waals surface area contributed by atoms with Crippen molar-refractivity contribution < 1.29 is 5.11 Å². The van der Waals surface area contributed by atoms with Crippen molar-refractivity contribution in [1.29, 1.82) is 0 Å². The second kappa shape index (κ2) is 6.76. The normalized spacial score (nSPS) is 9.80. The van der Waals surface area contributed by atoms with Crippen molar-refractivity contribution in [2.75, 3.05) is 0 Å². The molecule has 0 amide bonds. The van der Waals surface area contributed by atoms with Crippen molar-refractivity contribution in [2.45, 2.75) is 0 Å². The quantitative estimate of drug-likeness (QED) is 0.696. The molecule has 0 aliphatic rings. The number of benzene rings is 3. The molecule has 2 heteroatoms. The van der Waals surface area contributed by atoms with Gasteiger partial charge in [-0.15, -0.1) is 0 Å². The van der Waals surface area contributed by atoms with Gasteiger partial charge in [-0.25, -0.2) is 0 Å². The fourth-order valence-electron chi connectivity index (χ4n) is 2.29. The summed E-state index contributed by atoms with van der Waals surface area (Å²) < 4.78 is 0. The Kier molecular flexibility index (Phi) is 5.02. The Morgan fingerprint density at radius 1 is 0.500 bits per heavy atom. The van der Waals surface area contributed by atoms with Gasteiger partial charge in [-0.05, 0) is 22.8 Å². The van der Waals surface area contributed by atoms with E-state index >= 15 is 0 Å². The van der Waals surface area contributed by atoms with Crippen LogP contribution in [-0.2, 0) is 0 Å². The van der Waals surface area contributed by atoms with Gasteiger partial charge < -0.3 is 5.11 Å². The molecule has 1 N–H and O–H groups in total. The molecule has 0 spiro atoms. The third-order valence-corrected chi connectivity index (χ3v) is 3.21. The summed E-state index contributed by atoms with van der Waals surface area (Å²) in [4.78, 5) is 0. The van der Waals surface area contributed by atoms with E-state index in [1.54, 1.807) is 6.07 Å². The van der Waals surface area contributed by atoms with Gasteiger partial charge in [0, 0.05) is 5.56 Å². The summed E-state index contributed by atoms with van der Waals surface area (Å²) in [5, 5.41) is 10.0. The van der Waals surface area contributed by atoms with E-state index in [1.807, 2.05) is 54.6 Å². The molecule has 0 bridgehead atoms. The first-order chi connectivity index (χ1) is 9.36. The molecule has 3 aromatic rings. The van der Waals surface area contributed by atoms with E-state index in [2.05, 4.69) is 18.2 Å². The Bertz CT molecular complexity index is 693. The van der Waals surface area contributed by atoms with Gasteiger partial charge in [0.05, 0.1) is 0 Å². The zero-order valence-corrected chi connectivity index (χ0v) is 10.5. The van der Waals surface area contributed by atoms with Gasteiger partial charge in [0.25, 0.3) is 0 Å². The zero-order valence-electron chi connectivity index (χ0n) is 10.5. The van der Waals surface area contributed by atoms with Crippen molar-refractivity contribution in [1.82, 2.24) is 0 Å². The number of para-hydroxylation sites is 1. The first-order valence-electron chi connectivity index (χ1n) is 6.29. The fourth-order valence-corrected chi connectivity index (χ4v) is 2.29. The predicted molar refractivity (Wildman–Crippen MR) is 86.1 cm³/mol.